The minimum absolute atomic E-state index is 0.00765. The van der Waals surface area contributed by atoms with Gasteiger partial charge in [0.2, 0.25) is 0 Å². The third kappa shape index (κ3) is 3.49. The van der Waals surface area contributed by atoms with E-state index in [1.807, 2.05) is 55.5 Å². The van der Waals surface area contributed by atoms with E-state index in [1.54, 1.807) is 13.3 Å². The number of aromatic amines is 1. The van der Waals surface area contributed by atoms with E-state index in [9.17, 15) is 4.79 Å². The number of nitrogens with zero attached hydrogens (tertiary/aromatic N) is 1. The maximum Gasteiger partial charge on any atom is 0.258 e. The summed E-state index contributed by atoms with van der Waals surface area (Å²) in [5.41, 5.74) is 12.9. The number of aryl methyl sites for hydroxylation is 1. The van der Waals surface area contributed by atoms with Gasteiger partial charge in [-0.3, -0.25) is 4.79 Å². The molecule has 2 heterocycles. The van der Waals surface area contributed by atoms with E-state index in [0.717, 1.165) is 33.5 Å². The predicted molar refractivity (Wildman–Crippen MR) is 109 cm³/mol. The molecule has 1 fully saturated rings. The van der Waals surface area contributed by atoms with Crippen LogP contribution in [0.5, 0.6) is 5.75 Å². The first-order valence-corrected chi connectivity index (χ1v) is 9.21. The second kappa shape index (κ2) is 7.84. The van der Waals surface area contributed by atoms with Gasteiger partial charge in [-0.1, -0.05) is 36.4 Å². The lowest BCUT2D eigenvalue weighted by atomic mass is 10.0. The van der Waals surface area contributed by atoms with Crippen LogP contribution < -0.4 is 21.0 Å². The molecule has 0 aliphatic carbocycles. The van der Waals surface area contributed by atoms with Crippen molar-refractivity contribution in [1.29, 1.82) is 0 Å². The van der Waals surface area contributed by atoms with Crippen LogP contribution in [0.25, 0.3) is 10.9 Å². The predicted octanol–water partition coefficient (Wildman–Crippen LogP) is 2.54. The molecule has 4 rings (SSSR count). The van der Waals surface area contributed by atoms with Crippen molar-refractivity contribution in [3.63, 3.8) is 0 Å². The number of benzene rings is 2. The summed E-state index contributed by atoms with van der Waals surface area (Å²) >= 11 is 0. The van der Waals surface area contributed by atoms with Crippen LogP contribution in [0.1, 0.15) is 29.3 Å². The van der Waals surface area contributed by atoms with Crippen molar-refractivity contribution in [3.8, 4) is 5.75 Å². The molecule has 1 saturated heterocycles. The highest BCUT2D eigenvalue weighted by atomic mass is 16.5. The Labute approximate surface area is 163 Å². The summed E-state index contributed by atoms with van der Waals surface area (Å²) in [6.45, 7) is 1.99. The van der Waals surface area contributed by atoms with Crippen molar-refractivity contribution in [2.75, 3.05) is 7.11 Å². The van der Waals surface area contributed by atoms with Crippen molar-refractivity contribution in [2.24, 2.45) is 5.10 Å². The number of hydrazone groups is 1. The molecule has 0 spiro atoms. The summed E-state index contributed by atoms with van der Waals surface area (Å²) in [6, 6.07) is 15.4. The Morgan fingerprint density at radius 1 is 1.18 bits per heavy atom. The maximum absolute atomic E-state index is 12.5. The average molecular weight is 377 g/mol. The number of para-hydroxylation sites is 2. The van der Waals surface area contributed by atoms with E-state index in [-0.39, 0.29) is 18.0 Å². The summed E-state index contributed by atoms with van der Waals surface area (Å²) in [6.07, 6.45) is 2.29. The molecule has 1 aliphatic heterocycles. The normalized spacial score (nSPS) is 19.4. The quantitative estimate of drug-likeness (QED) is 0.406. The molecule has 2 unspecified atom stereocenters. The molecule has 1 aromatic heterocycles. The highest BCUT2D eigenvalue weighted by Crippen LogP contribution is 2.29. The van der Waals surface area contributed by atoms with Gasteiger partial charge in [0, 0.05) is 27.7 Å². The van der Waals surface area contributed by atoms with Crippen molar-refractivity contribution >= 4 is 23.0 Å². The van der Waals surface area contributed by atoms with Gasteiger partial charge in [0.25, 0.3) is 5.91 Å². The zero-order valence-electron chi connectivity index (χ0n) is 15.8. The first-order valence-electron chi connectivity index (χ1n) is 9.21. The van der Waals surface area contributed by atoms with Crippen LogP contribution in [0.15, 0.2) is 53.6 Å². The highest BCUT2D eigenvalue weighted by Gasteiger charge is 2.31. The number of methoxy groups -OCH3 is 1. The number of hydrazine groups is 1. The van der Waals surface area contributed by atoms with E-state index >= 15 is 0 Å². The number of hydrogen-bond acceptors (Lipinski definition) is 5. The van der Waals surface area contributed by atoms with Crippen LogP contribution in [-0.2, 0) is 4.79 Å². The Morgan fingerprint density at radius 2 is 1.96 bits per heavy atom. The van der Waals surface area contributed by atoms with E-state index in [4.69, 9.17) is 4.74 Å². The number of nitrogens with one attached hydrogen (secondary N) is 4. The Hall–Kier alpha value is -3.16. The average Bonchev–Trinajstić information content (AvgIpc) is 3.33. The van der Waals surface area contributed by atoms with Gasteiger partial charge in [-0.2, -0.15) is 5.10 Å². The molecule has 3 aromatic rings. The standard InChI is InChI=1S/C21H23N5O2/c1-13-16(14-7-3-5-9-17(14)23-13)12-22-26-21(27)19-11-18(24-25-19)15-8-4-6-10-20(15)28-2/h3-10,12,18-19,23-25H,11H2,1-2H3,(H,26,27)/b22-12+. The van der Waals surface area contributed by atoms with Crippen molar-refractivity contribution < 1.29 is 9.53 Å². The van der Waals surface area contributed by atoms with Gasteiger partial charge in [-0.25, -0.2) is 16.3 Å². The lowest BCUT2D eigenvalue weighted by Crippen LogP contribution is -2.41. The minimum Gasteiger partial charge on any atom is -0.496 e. The number of fused-ring (bicyclic) bond motifs is 1. The van der Waals surface area contributed by atoms with E-state index in [0.29, 0.717) is 6.42 Å². The topological polar surface area (TPSA) is 90.5 Å². The molecule has 4 N–H and O–H groups in total. The molecule has 0 bridgehead atoms. The molecule has 2 aromatic carbocycles. The van der Waals surface area contributed by atoms with Crippen LogP contribution in [-0.4, -0.2) is 30.3 Å². The van der Waals surface area contributed by atoms with Gasteiger partial charge in [-0.05, 0) is 25.5 Å². The van der Waals surface area contributed by atoms with Crippen molar-refractivity contribution in [1.82, 2.24) is 21.3 Å². The molecule has 2 atom stereocenters. The summed E-state index contributed by atoms with van der Waals surface area (Å²) in [4.78, 5) is 15.8. The summed E-state index contributed by atoms with van der Waals surface area (Å²) < 4.78 is 5.41. The Balaban J connectivity index is 1.41. The molecular weight excluding hydrogens is 354 g/mol. The summed E-state index contributed by atoms with van der Waals surface area (Å²) in [5, 5.41) is 5.24. The fourth-order valence-electron chi connectivity index (χ4n) is 3.59. The van der Waals surface area contributed by atoms with Gasteiger partial charge in [0.1, 0.15) is 11.8 Å². The van der Waals surface area contributed by atoms with E-state index < -0.39 is 0 Å². The first kappa shape index (κ1) is 18.2. The highest BCUT2D eigenvalue weighted by molar-refractivity contribution is 6.00. The molecule has 7 nitrogen and oxygen atoms in total. The number of hydrogen-bond donors (Lipinski definition) is 4. The van der Waals surface area contributed by atoms with Crippen LogP contribution in [0.3, 0.4) is 0 Å². The molecular formula is C21H23N5O2. The van der Waals surface area contributed by atoms with Crippen LogP contribution in [0, 0.1) is 6.92 Å². The van der Waals surface area contributed by atoms with Crippen molar-refractivity contribution in [2.45, 2.75) is 25.4 Å². The minimum atomic E-state index is -0.379. The lowest BCUT2D eigenvalue weighted by Gasteiger charge is -2.13. The van der Waals surface area contributed by atoms with E-state index in [1.165, 1.54) is 0 Å². The first-order chi connectivity index (χ1) is 13.7. The largest absolute Gasteiger partial charge is 0.496 e. The monoisotopic (exact) mass is 377 g/mol. The number of H-pyrrole nitrogens is 1. The third-order valence-corrected chi connectivity index (χ3v) is 5.05. The third-order valence-electron chi connectivity index (χ3n) is 5.05. The van der Waals surface area contributed by atoms with Gasteiger partial charge in [-0.15, -0.1) is 0 Å². The van der Waals surface area contributed by atoms with Gasteiger partial charge >= 0.3 is 0 Å². The SMILES string of the molecule is COc1ccccc1C1CC(C(=O)N/N=C/c2c(C)[nH]c3ccccc23)NN1. The van der Waals surface area contributed by atoms with Crippen molar-refractivity contribution in [3.05, 3.63) is 65.4 Å². The van der Waals surface area contributed by atoms with Gasteiger partial charge in [0.15, 0.2) is 0 Å². The number of aromatic nitrogens is 1. The molecule has 0 saturated carbocycles. The number of carbonyl (C=O) groups excluding carboxylic acids is 1. The number of ether oxygens (including phenoxy) is 1. The number of carbonyl (C=O) groups is 1. The van der Waals surface area contributed by atoms with Crippen LogP contribution in [0.4, 0.5) is 0 Å². The van der Waals surface area contributed by atoms with Crippen LogP contribution >= 0.6 is 0 Å². The summed E-state index contributed by atoms with van der Waals surface area (Å²) in [7, 11) is 1.65. The maximum atomic E-state index is 12.5. The second-order valence-corrected chi connectivity index (χ2v) is 6.82. The fraction of sp³-hybridized carbons (Fsp3) is 0.238. The van der Waals surface area contributed by atoms with Gasteiger partial charge in [0.05, 0.1) is 19.4 Å². The Bertz CT molecular complexity index is 1030. The zero-order chi connectivity index (χ0) is 19.5. The van der Waals surface area contributed by atoms with Gasteiger partial charge < -0.3 is 9.72 Å². The Kier molecular flexibility index (Phi) is 5.10. The fourth-order valence-corrected chi connectivity index (χ4v) is 3.59. The molecule has 7 heteroatoms. The zero-order valence-corrected chi connectivity index (χ0v) is 15.8. The molecule has 28 heavy (non-hydrogen) atoms. The van der Waals surface area contributed by atoms with E-state index in [2.05, 4.69) is 26.4 Å². The number of amides is 1. The molecule has 144 valence electrons. The van der Waals surface area contributed by atoms with Crippen LogP contribution in [0.2, 0.25) is 0 Å². The smallest absolute Gasteiger partial charge is 0.258 e. The summed E-state index contributed by atoms with van der Waals surface area (Å²) in [5.74, 6) is 0.620. The molecule has 0 radical (unpaired) electrons. The second-order valence-electron chi connectivity index (χ2n) is 6.82. The molecule has 1 aliphatic rings. The number of rotatable bonds is 5. The lowest BCUT2D eigenvalue weighted by molar-refractivity contribution is -0.122. The molecule has 1 amide bonds. The Morgan fingerprint density at radius 3 is 2.82 bits per heavy atom.